The summed E-state index contributed by atoms with van der Waals surface area (Å²) in [4.78, 5) is 0. The molecule has 0 unspecified atom stereocenters. The van der Waals surface area contributed by atoms with E-state index in [1.54, 1.807) is 0 Å². The zero-order valence-corrected chi connectivity index (χ0v) is 5.04. The van der Waals surface area contributed by atoms with Crippen molar-refractivity contribution in [3.8, 4) is 0 Å². The molecule has 1 aliphatic rings. The first-order valence-electron chi connectivity index (χ1n) is 2.74. The maximum absolute atomic E-state index is 5.75. The molecule has 1 saturated heterocycles. The molecule has 0 radical (unpaired) electrons. The Hall–Kier alpha value is 0.250. The van der Waals surface area contributed by atoms with Gasteiger partial charge in [0.05, 0.1) is 0 Å². The molecule has 0 saturated carbocycles. The third-order valence-electron chi connectivity index (χ3n) is 1.24. The van der Waals surface area contributed by atoms with E-state index in [0.29, 0.717) is 5.38 Å². The van der Waals surface area contributed by atoms with Crippen LogP contribution in [0.4, 0.5) is 0 Å². The molecule has 0 aromatic rings. The van der Waals surface area contributed by atoms with Crippen molar-refractivity contribution in [1.29, 1.82) is 0 Å². The van der Waals surface area contributed by atoms with E-state index in [1.807, 2.05) is 0 Å². The summed E-state index contributed by atoms with van der Waals surface area (Å²) in [6.45, 7) is 2.16. The maximum atomic E-state index is 5.75. The molecular weight excluding hydrogens is 110 g/mol. The van der Waals surface area contributed by atoms with Crippen LogP contribution >= 0.6 is 11.6 Å². The Labute approximate surface area is 49.0 Å². The topological polar surface area (TPSA) is 12.0 Å². The Morgan fingerprint density at radius 2 is 2.43 bits per heavy atom. The van der Waals surface area contributed by atoms with Crippen LogP contribution in [0.25, 0.3) is 0 Å². The van der Waals surface area contributed by atoms with Crippen LogP contribution in [0, 0.1) is 0 Å². The van der Waals surface area contributed by atoms with Crippen molar-refractivity contribution in [3.05, 3.63) is 0 Å². The lowest BCUT2D eigenvalue weighted by atomic mass is 10.2. The third-order valence-corrected chi connectivity index (χ3v) is 1.61. The highest BCUT2D eigenvalue weighted by molar-refractivity contribution is 6.20. The van der Waals surface area contributed by atoms with Gasteiger partial charge in [0.2, 0.25) is 0 Å². The van der Waals surface area contributed by atoms with Gasteiger partial charge in [-0.05, 0) is 19.4 Å². The number of piperidine rings is 1. The largest absolute Gasteiger partial charge is 0.315 e. The minimum absolute atomic E-state index is 0.397. The molecule has 0 aromatic carbocycles. The van der Waals surface area contributed by atoms with Crippen molar-refractivity contribution in [1.82, 2.24) is 5.32 Å². The summed E-state index contributed by atoms with van der Waals surface area (Å²) in [5.74, 6) is 0. The van der Waals surface area contributed by atoms with E-state index in [-0.39, 0.29) is 0 Å². The van der Waals surface area contributed by atoms with Gasteiger partial charge in [0.1, 0.15) is 0 Å². The van der Waals surface area contributed by atoms with Gasteiger partial charge in [-0.2, -0.15) is 0 Å². The van der Waals surface area contributed by atoms with Crippen molar-refractivity contribution in [2.75, 3.05) is 13.1 Å². The summed E-state index contributed by atoms with van der Waals surface area (Å²) in [7, 11) is 0. The van der Waals surface area contributed by atoms with E-state index in [4.69, 9.17) is 11.6 Å². The SMILES string of the molecule is Cl[C@H]1CCCNC1. The Balaban J connectivity index is 2.12. The van der Waals surface area contributed by atoms with E-state index in [0.717, 1.165) is 13.1 Å². The van der Waals surface area contributed by atoms with Crippen molar-refractivity contribution in [3.63, 3.8) is 0 Å². The van der Waals surface area contributed by atoms with E-state index in [9.17, 15) is 0 Å². The van der Waals surface area contributed by atoms with Crippen molar-refractivity contribution < 1.29 is 0 Å². The number of hydrogen-bond acceptors (Lipinski definition) is 1. The normalized spacial score (nSPS) is 33.0. The molecule has 0 bridgehead atoms. The smallest absolute Gasteiger partial charge is 0.0461 e. The molecular formula is C5H10ClN. The highest BCUT2D eigenvalue weighted by Crippen LogP contribution is 2.06. The molecule has 7 heavy (non-hydrogen) atoms. The predicted molar refractivity (Wildman–Crippen MR) is 31.7 cm³/mol. The van der Waals surface area contributed by atoms with Gasteiger partial charge in [-0.1, -0.05) is 0 Å². The summed E-state index contributed by atoms with van der Waals surface area (Å²) in [6.07, 6.45) is 2.43. The third kappa shape index (κ3) is 1.66. The minimum Gasteiger partial charge on any atom is -0.315 e. The summed E-state index contributed by atoms with van der Waals surface area (Å²) in [5.41, 5.74) is 0. The first-order valence-corrected chi connectivity index (χ1v) is 3.18. The molecule has 1 fully saturated rings. The van der Waals surface area contributed by atoms with Crippen molar-refractivity contribution in [2.45, 2.75) is 18.2 Å². The number of nitrogens with one attached hydrogen (secondary N) is 1. The van der Waals surface area contributed by atoms with Crippen LogP contribution in [-0.4, -0.2) is 18.5 Å². The predicted octanol–water partition coefficient (Wildman–Crippen LogP) is 0.977. The van der Waals surface area contributed by atoms with Crippen LogP contribution in [0.1, 0.15) is 12.8 Å². The Morgan fingerprint density at radius 3 is 2.71 bits per heavy atom. The number of halogens is 1. The van der Waals surface area contributed by atoms with E-state index in [1.165, 1.54) is 12.8 Å². The summed E-state index contributed by atoms with van der Waals surface area (Å²) >= 11 is 5.75. The van der Waals surface area contributed by atoms with E-state index in [2.05, 4.69) is 5.32 Å². The maximum Gasteiger partial charge on any atom is 0.0461 e. The second-order valence-electron chi connectivity index (χ2n) is 1.94. The second-order valence-corrected chi connectivity index (χ2v) is 2.56. The minimum atomic E-state index is 0.397. The molecule has 0 aromatic heterocycles. The van der Waals surface area contributed by atoms with Gasteiger partial charge < -0.3 is 5.32 Å². The molecule has 1 rings (SSSR count). The van der Waals surface area contributed by atoms with Gasteiger partial charge in [0.15, 0.2) is 0 Å². The quantitative estimate of drug-likeness (QED) is 0.469. The van der Waals surface area contributed by atoms with Gasteiger partial charge in [0, 0.05) is 11.9 Å². The van der Waals surface area contributed by atoms with Crippen LogP contribution in [0.15, 0.2) is 0 Å². The number of alkyl halides is 1. The zero-order chi connectivity index (χ0) is 5.11. The molecule has 42 valence electrons. The Morgan fingerprint density at radius 1 is 1.57 bits per heavy atom. The monoisotopic (exact) mass is 119 g/mol. The lowest BCUT2D eigenvalue weighted by Gasteiger charge is -2.15. The summed E-state index contributed by atoms with van der Waals surface area (Å²) < 4.78 is 0. The van der Waals surface area contributed by atoms with Gasteiger partial charge in [-0.25, -0.2) is 0 Å². The average Bonchev–Trinajstić information content (AvgIpc) is 1.69. The van der Waals surface area contributed by atoms with Gasteiger partial charge in [-0.3, -0.25) is 0 Å². The molecule has 1 N–H and O–H groups in total. The van der Waals surface area contributed by atoms with Crippen LogP contribution in [0.5, 0.6) is 0 Å². The van der Waals surface area contributed by atoms with Gasteiger partial charge in [0.25, 0.3) is 0 Å². The van der Waals surface area contributed by atoms with Crippen molar-refractivity contribution in [2.24, 2.45) is 0 Å². The van der Waals surface area contributed by atoms with Crippen molar-refractivity contribution >= 4 is 11.6 Å². The lowest BCUT2D eigenvalue weighted by molar-refractivity contribution is 0.526. The lowest BCUT2D eigenvalue weighted by Crippen LogP contribution is -2.29. The van der Waals surface area contributed by atoms with Crippen LogP contribution in [-0.2, 0) is 0 Å². The highest BCUT2D eigenvalue weighted by Gasteiger charge is 2.07. The molecule has 1 aliphatic heterocycles. The number of hydrogen-bond donors (Lipinski definition) is 1. The van der Waals surface area contributed by atoms with Gasteiger partial charge in [-0.15, -0.1) is 11.6 Å². The molecule has 1 heterocycles. The second kappa shape index (κ2) is 2.53. The van der Waals surface area contributed by atoms with Crippen LogP contribution in [0.3, 0.4) is 0 Å². The highest BCUT2D eigenvalue weighted by atomic mass is 35.5. The molecule has 0 aliphatic carbocycles. The molecule has 0 amide bonds. The summed E-state index contributed by atoms with van der Waals surface area (Å²) in [6, 6.07) is 0. The van der Waals surface area contributed by atoms with E-state index >= 15 is 0 Å². The van der Waals surface area contributed by atoms with E-state index < -0.39 is 0 Å². The molecule has 2 heteroatoms. The first kappa shape index (κ1) is 5.39. The van der Waals surface area contributed by atoms with Crippen LogP contribution < -0.4 is 5.32 Å². The fourth-order valence-corrected chi connectivity index (χ4v) is 1.07. The number of rotatable bonds is 0. The van der Waals surface area contributed by atoms with Gasteiger partial charge >= 0.3 is 0 Å². The Kier molecular flexibility index (Phi) is 1.95. The molecule has 0 spiro atoms. The standard InChI is InChI=1S/C5H10ClN/c6-5-2-1-3-7-4-5/h5,7H,1-4H2/t5-/m0/s1. The fraction of sp³-hybridized carbons (Fsp3) is 1.00. The van der Waals surface area contributed by atoms with Crippen LogP contribution in [0.2, 0.25) is 0 Å². The molecule has 1 nitrogen and oxygen atoms in total. The Bertz CT molecular complexity index is 50.0. The summed E-state index contributed by atoms with van der Waals surface area (Å²) in [5, 5.41) is 3.60. The first-order chi connectivity index (χ1) is 3.39. The molecule has 1 atom stereocenters. The fourth-order valence-electron chi connectivity index (χ4n) is 0.809. The zero-order valence-electron chi connectivity index (χ0n) is 4.28. The average molecular weight is 120 g/mol.